The van der Waals surface area contributed by atoms with Gasteiger partial charge in [-0.3, -0.25) is 4.79 Å². The number of nitrogens with one attached hydrogen (secondary N) is 1. The molecule has 0 bridgehead atoms. The van der Waals surface area contributed by atoms with Gasteiger partial charge in [-0.1, -0.05) is 25.1 Å². The summed E-state index contributed by atoms with van der Waals surface area (Å²) in [7, 11) is 0. The molecule has 0 saturated carbocycles. The summed E-state index contributed by atoms with van der Waals surface area (Å²) in [6.45, 7) is 7.29. The molecule has 0 radical (unpaired) electrons. The van der Waals surface area contributed by atoms with Gasteiger partial charge in [0, 0.05) is 12.6 Å². The summed E-state index contributed by atoms with van der Waals surface area (Å²) in [5.74, 6) is 1.15. The molecule has 0 aliphatic rings. The first-order valence-corrected chi connectivity index (χ1v) is 7.62. The molecule has 1 amide bonds. The highest BCUT2D eigenvalue weighted by Crippen LogP contribution is 2.21. The van der Waals surface area contributed by atoms with Crippen LogP contribution in [-0.4, -0.2) is 33.0 Å². The van der Waals surface area contributed by atoms with Crippen molar-refractivity contribution in [2.75, 3.05) is 12.3 Å². The Labute approximate surface area is 118 Å². The number of nitrogens with two attached hydrogens (primary N) is 1. The summed E-state index contributed by atoms with van der Waals surface area (Å²) < 4.78 is 1.98. The van der Waals surface area contributed by atoms with Crippen molar-refractivity contribution in [2.45, 2.75) is 51.4 Å². The number of carbonyl (C=O) groups is 1. The largest absolute Gasteiger partial charge is 0.355 e. The van der Waals surface area contributed by atoms with Gasteiger partial charge in [0.25, 0.3) is 0 Å². The highest BCUT2D eigenvalue weighted by atomic mass is 32.2. The van der Waals surface area contributed by atoms with Gasteiger partial charge in [0.05, 0.1) is 12.3 Å². The normalized spacial score (nSPS) is 11.0. The van der Waals surface area contributed by atoms with Gasteiger partial charge in [-0.15, -0.1) is 10.2 Å². The molecule has 6 nitrogen and oxygen atoms in total. The Morgan fingerprint density at radius 1 is 1.47 bits per heavy atom. The number of thioether (sulfide) groups is 1. The molecule has 7 heteroatoms. The van der Waals surface area contributed by atoms with Gasteiger partial charge in [0.15, 0.2) is 5.16 Å². The van der Waals surface area contributed by atoms with Crippen LogP contribution in [0.25, 0.3) is 0 Å². The van der Waals surface area contributed by atoms with E-state index in [4.69, 9.17) is 5.73 Å². The summed E-state index contributed by atoms with van der Waals surface area (Å²) in [6.07, 6.45) is 2.09. The molecule has 0 aliphatic heterocycles. The van der Waals surface area contributed by atoms with Crippen LogP contribution >= 0.6 is 11.8 Å². The van der Waals surface area contributed by atoms with Crippen LogP contribution in [-0.2, 0) is 11.3 Å². The highest BCUT2D eigenvalue weighted by Gasteiger charge is 2.15. The third kappa shape index (κ3) is 4.83. The minimum atomic E-state index is 0.0334. The van der Waals surface area contributed by atoms with Crippen molar-refractivity contribution in [3.05, 3.63) is 5.82 Å². The number of carbonyl (C=O) groups excluding carboxylic acids is 1. The molecule has 1 heterocycles. The molecule has 1 rings (SSSR count). The van der Waals surface area contributed by atoms with Crippen LogP contribution in [0.15, 0.2) is 5.16 Å². The molecule has 1 aromatic rings. The van der Waals surface area contributed by atoms with Gasteiger partial charge in [-0.2, -0.15) is 0 Å². The van der Waals surface area contributed by atoms with E-state index < -0.39 is 0 Å². The van der Waals surface area contributed by atoms with Crippen LogP contribution in [0.5, 0.6) is 0 Å². The Morgan fingerprint density at radius 3 is 2.79 bits per heavy atom. The lowest BCUT2D eigenvalue weighted by Crippen LogP contribution is -2.26. The maximum absolute atomic E-state index is 11.6. The summed E-state index contributed by atoms with van der Waals surface area (Å²) in [6, 6.07) is 0.235. The van der Waals surface area contributed by atoms with E-state index in [9.17, 15) is 4.79 Å². The second-order valence-electron chi connectivity index (χ2n) is 4.56. The maximum atomic E-state index is 11.6. The Kier molecular flexibility index (Phi) is 6.86. The van der Waals surface area contributed by atoms with Crippen molar-refractivity contribution >= 4 is 17.7 Å². The number of nitrogens with zero attached hydrogens (tertiary/aromatic N) is 3. The molecule has 0 atom stereocenters. The topological polar surface area (TPSA) is 85.8 Å². The van der Waals surface area contributed by atoms with Gasteiger partial charge >= 0.3 is 0 Å². The van der Waals surface area contributed by atoms with Gasteiger partial charge in [0.2, 0.25) is 5.91 Å². The van der Waals surface area contributed by atoms with Gasteiger partial charge in [-0.25, -0.2) is 0 Å². The first-order chi connectivity index (χ1) is 9.10. The average molecular weight is 285 g/mol. The van der Waals surface area contributed by atoms with Gasteiger partial charge in [-0.05, 0) is 20.3 Å². The summed E-state index contributed by atoms with van der Waals surface area (Å²) in [5.41, 5.74) is 5.63. The van der Waals surface area contributed by atoms with E-state index in [0.29, 0.717) is 12.3 Å². The van der Waals surface area contributed by atoms with Crippen LogP contribution in [0.2, 0.25) is 0 Å². The molecular weight excluding hydrogens is 262 g/mol. The van der Waals surface area contributed by atoms with Crippen LogP contribution in [0.3, 0.4) is 0 Å². The third-order valence-electron chi connectivity index (χ3n) is 2.62. The Morgan fingerprint density at radius 2 is 2.21 bits per heavy atom. The predicted octanol–water partition coefficient (Wildman–Crippen LogP) is 1.33. The molecule has 108 valence electrons. The van der Waals surface area contributed by atoms with Crippen molar-refractivity contribution in [1.29, 1.82) is 0 Å². The number of unbranched alkanes of at least 4 members (excludes halogenated alkanes) is 1. The van der Waals surface area contributed by atoms with Crippen LogP contribution in [0.4, 0.5) is 0 Å². The maximum Gasteiger partial charge on any atom is 0.230 e. The number of hydrogen-bond donors (Lipinski definition) is 2. The minimum Gasteiger partial charge on any atom is -0.355 e. The van der Waals surface area contributed by atoms with Gasteiger partial charge in [0.1, 0.15) is 5.82 Å². The van der Waals surface area contributed by atoms with Crippen LogP contribution < -0.4 is 11.1 Å². The van der Waals surface area contributed by atoms with E-state index >= 15 is 0 Å². The molecule has 3 N–H and O–H groups in total. The fourth-order valence-electron chi connectivity index (χ4n) is 1.65. The molecular formula is C12H23N5OS. The van der Waals surface area contributed by atoms with Crippen molar-refractivity contribution < 1.29 is 4.79 Å². The second kappa shape index (κ2) is 8.16. The van der Waals surface area contributed by atoms with Crippen LogP contribution in [0, 0.1) is 0 Å². The highest BCUT2D eigenvalue weighted by molar-refractivity contribution is 7.99. The zero-order valence-electron chi connectivity index (χ0n) is 11.8. The van der Waals surface area contributed by atoms with Crippen molar-refractivity contribution in [2.24, 2.45) is 5.73 Å². The molecule has 0 spiro atoms. The molecule has 0 saturated heterocycles. The van der Waals surface area contributed by atoms with Crippen molar-refractivity contribution in [1.82, 2.24) is 20.1 Å². The first-order valence-electron chi connectivity index (χ1n) is 6.63. The quantitative estimate of drug-likeness (QED) is 0.556. The minimum absolute atomic E-state index is 0.0334. The molecule has 0 unspecified atom stereocenters. The lowest BCUT2D eigenvalue weighted by atomic mass is 10.3. The lowest BCUT2D eigenvalue weighted by molar-refractivity contribution is -0.118. The predicted molar refractivity (Wildman–Crippen MR) is 76.9 cm³/mol. The summed E-state index contributed by atoms with van der Waals surface area (Å²) in [5, 5.41) is 11.8. The summed E-state index contributed by atoms with van der Waals surface area (Å²) in [4.78, 5) is 11.6. The number of amides is 1. The van der Waals surface area contributed by atoms with Gasteiger partial charge < -0.3 is 15.6 Å². The monoisotopic (exact) mass is 285 g/mol. The Hall–Kier alpha value is -1.08. The van der Waals surface area contributed by atoms with E-state index in [1.807, 2.05) is 18.4 Å². The third-order valence-corrected chi connectivity index (χ3v) is 3.56. The zero-order valence-corrected chi connectivity index (χ0v) is 12.7. The molecule has 1 aromatic heterocycles. The summed E-state index contributed by atoms with van der Waals surface area (Å²) >= 11 is 1.40. The number of rotatable bonds is 8. The van der Waals surface area contributed by atoms with E-state index in [2.05, 4.69) is 22.4 Å². The van der Waals surface area contributed by atoms with Crippen molar-refractivity contribution in [3.8, 4) is 0 Å². The number of hydrogen-bond acceptors (Lipinski definition) is 5. The van der Waals surface area contributed by atoms with Crippen LogP contribution in [0.1, 0.15) is 45.5 Å². The molecule has 0 aliphatic carbocycles. The Balaban J connectivity index is 2.53. The van der Waals surface area contributed by atoms with E-state index in [1.165, 1.54) is 11.8 Å². The van der Waals surface area contributed by atoms with Crippen molar-refractivity contribution in [3.63, 3.8) is 0 Å². The lowest BCUT2D eigenvalue weighted by Gasteiger charge is -2.12. The fourth-order valence-corrected chi connectivity index (χ4v) is 2.57. The smallest absolute Gasteiger partial charge is 0.230 e. The second-order valence-corrected chi connectivity index (χ2v) is 5.50. The van der Waals surface area contributed by atoms with E-state index in [-0.39, 0.29) is 11.9 Å². The molecule has 0 fully saturated rings. The number of aromatic nitrogens is 3. The fraction of sp³-hybridized carbons (Fsp3) is 0.750. The Bertz CT molecular complexity index is 405. The molecule has 0 aromatic carbocycles. The zero-order chi connectivity index (χ0) is 14.3. The first kappa shape index (κ1) is 16.0. The SMILES string of the molecule is CCCCNC(=O)CSc1nnc(CN)n1C(C)C. The molecule has 19 heavy (non-hydrogen) atoms. The average Bonchev–Trinajstić information content (AvgIpc) is 2.79. The standard InChI is InChI=1S/C12H23N5OS/c1-4-5-6-14-11(18)8-19-12-16-15-10(7-13)17(12)9(2)3/h9H,4-8,13H2,1-3H3,(H,14,18). The van der Waals surface area contributed by atoms with E-state index in [1.54, 1.807) is 0 Å². The van der Waals surface area contributed by atoms with E-state index in [0.717, 1.165) is 30.4 Å².